The van der Waals surface area contributed by atoms with Crippen molar-refractivity contribution in [3.8, 4) is 0 Å². The molecule has 1 saturated heterocycles. The van der Waals surface area contributed by atoms with Crippen molar-refractivity contribution in [2.75, 3.05) is 32.2 Å². The van der Waals surface area contributed by atoms with Gasteiger partial charge in [-0.1, -0.05) is 12.1 Å². The fraction of sp³-hybridized carbons (Fsp3) is 0.500. The van der Waals surface area contributed by atoms with E-state index in [4.69, 9.17) is 15.2 Å². The van der Waals surface area contributed by atoms with Crippen molar-refractivity contribution in [3.63, 3.8) is 0 Å². The van der Waals surface area contributed by atoms with Crippen LogP contribution in [0, 0.1) is 0 Å². The first-order chi connectivity index (χ1) is 9.65. The van der Waals surface area contributed by atoms with Gasteiger partial charge in [0, 0.05) is 19.3 Å². The summed E-state index contributed by atoms with van der Waals surface area (Å²) in [5.41, 5.74) is 9.18. The fourth-order valence-electron chi connectivity index (χ4n) is 2.54. The maximum Gasteiger partial charge on any atom is 0.321 e. The van der Waals surface area contributed by atoms with Gasteiger partial charge in [-0.15, -0.1) is 0 Å². The van der Waals surface area contributed by atoms with Crippen LogP contribution in [0.2, 0.25) is 0 Å². The van der Waals surface area contributed by atoms with Gasteiger partial charge in [-0.25, -0.2) is 4.79 Å². The Labute approximate surface area is 117 Å². The highest BCUT2D eigenvalue weighted by Gasteiger charge is 2.25. The summed E-state index contributed by atoms with van der Waals surface area (Å²) < 4.78 is 11.0. The lowest BCUT2D eigenvalue weighted by molar-refractivity contribution is -0.0975. The lowest BCUT2D eigenvalue weighted by Gasteiger charge is -2.30. The molecule has 0 aliphatic carbocycles. The summed E-state index contributed by atoms with van der Waals surface area (Å²) >= 11 is 0. The Balaban J connectivity index is 1.81. The number of benzene rings is 1. The average Bonchev–Trinajstić information content (AvgIpc) is 2.48. The molecule has 2 unspecified atom stereocenters. The Bertz CT molecular complexity index is 514. The number of amides is 2. The zero-order valence-corrected chi connectivity index (χ0v) is 11.5. The van der Waals surface area contributed by atoms with E-state index in [0.29, 0.717) is 26.4 Å². The van der Waals surface area contributed by atoms with Crippen LogP contribution < -0.4 is 11.1 Å². The van der Waals surface area contributed by atoms with Crippen molar-refractivity contribution in [2.24, 2.45) is 5.73 Å². The van der Waals surface area contributed by atoms with Crippen molar-refractivity contribution in [3.05, 3.63) is 29.3 Å². The number of carbonyl (C=O) groups is 1. The van der Waals surface area contributed by atoms with Gasteiger partial charge in [0.05, 0.1) is 25.9 Å². The molecule has 3 rings (SSSR count). The first-order valence-electron chi connectivity index (χ1n) is 6.75. The normalized spacial score (nSPS) is 24.0. The highest BCUT2D eigenvalue weighted by Crippen LogP contribution is 2.27. The average molecular weight is 277 g/mol. The molecule has 3 N–H and O–H groups in total. The molecule has 2 heterocycles. The van der Waals surface area contributed by atoms with Crippen LogP contribution in [0.25, 0.3) is 0 Å². The minimum Gasteiger partial charge on any atom is -0.376 e. The third kappa shape index (κ3) is 2.49. The maximum atomic E-state index is 11.6. The highest BCUT2D eigenvalue weighted by molar-refractivity contribution is 5.92. The van der Waals surface area contributed by atoms with E-state index in [2.05, 4.69) is 5.32 Å². The summed E-state index contributed by atoms with van der Waals surface area (Å²) in [4.78, 5) is 13.2. The number of nitrogens with one attached hydrogen (secondary N) is 1. The van der Waals surface area contributed by atoms with Gasteiger partial charge in [0.1, 0.15) is 6.10 Å². The molecule has 1 aromatic rings. The van der Waals surface area contributed by atoms with Crippen LogP contribution in [0.3, 0.4) is 0 Å². The van der Waals surface area contributed by atoms with E-state index in [1.165, 1.54) is 0 Å². The van der Waals surface area contributed by atoms with E-state index in [1.54, 1.807) is 11.9 Å². The van der Waals surface area contributed by atoms with Crippen molar-refractivity contribution >= 4 is 11.7 Å². The van der Waals surface area contributed by atoms with Crippen LogP contribution in [0.5, 0.6) is 0 Å². The Kier molecular flexibility index (Phi) is 3.60. The molecule has 2 amide bonds. The summed E-state index contributed by atoms with van der Waals surface area (Å²) in [6, 6.07) is 5.57. The summed E-state index contributed by atoms with van der Waals surface area (Å²) in [5, 5.41) is 2.85. The largest absolute Gasteiger partial charge is 0.376 e. The van der Waals surface area contributed by atoms with Gasteiger partial charge in [-0.2, -0.15) is 0 Å². The molecule has 2 aliphatic heterocycles. The van der Waals surface area contributed by atoms with E-state index >= 15 is 0 Å². The molecule has 1 aromatic carbocycles. The Morgan fingerprint density at radius 2 is 2.30 bits per heavy atom. The predicted octanol–water partition coefficient (Wildman–Crippen LogP) is 1.08. The van der Waals surface area contributed by atoms with Crippen LogP contribution in [0.4, 0.5) is 10.5 Å². The second kappa shape index (κ2) is 5.40. The Morgan fingerprint density at radius 1 is 1.45 bits per heavy atom. The quantitative estimate of drug-likeness (QED) is 0.848. The van der Waals surface area contributed by atoms with Crippen LogP contribution in [0.15, 0.2) is 18.2 Å². The van der Waals surface area contributed by atoms with E-state index in [-0.39, 0.29) is 18.2 Å². The number of carbonyl (C=O) groups excluding carboxylic acids is 1. The maximum absolute atomic E-state index is 11.6. The van der Waals surface area contributed by atoms with Crippen LogP contribution >= 0.6 is 0 Å². The van der Waals surface area contributed by atoms with Gasteiger partial charge in [0.15, 0.2) is 0 Å². The van der Waals surface area contributed by atoms with E-state index in [9.17, 15) is 4.79 Å². The van der Waals surface area contributed by atoms with Crippen LogP contribution in [0.1, 0.15) is 17.2 Å². The van der Waals surface area contributed by atoms with E-state index in [0.717, 1.165) is 16.8 Å². The zero-order chi connectivity index (χ0) is 14.1. The molecule has 20 heavy (non-hydrogen) atoms. The number of ether oxygens (including phenoxy) is 2. The second-order valence-electron chi connectivity index (χ2n) is 5.21. The first kappa shape index (κ1) is 13.4. The van der Waals surface area contributed by atoms with Crippen molar-refractivity contribution in [2.45, 2.75) is 18.7 Å². The first-order valence-corrected chi connectivity index (χ1v) is 6.75. The molecule has 6 heteroatoms. The van der Waals surface area contributed by atoms with Crippen molar-refractivity contribution in [1.82, 2.24) is 4.90 Å². The molecule has 6 nitrogen and oxygen atoms in total. The number of hydrogen-bond donors (Lipinski definition) is 2. The third-order valence-electron chi connectivity index (χ3n) is 3.75. The van der Waals surface area contributed by atoms with Gasteiger partial charge in [0.25, 0.3) is 0 Å². The smallest absolute Gasteiger partial charge is 0.321 e. The second-order valence-corrected chi connectivity index (χ2v) is 5.21. The molecule has 0 radical (unpaired) electrons. The lowest BCUT2D eigenvalue weighted by Crippen LogP contribution is -2.38. The summed E-state index contributed by atoms with van der Waals surface area (Å²) in [6.45, 7) is 2.32. The van der Waals surface area contributed by atoms with Crippen LogP contribution in [-0.2, 0) is 16.0 Å². The van der Waals surface area contributed by atoms with Crippen molar-refractivity contribution < 1.29 is 14.3 Å². The number of urea groups is 1. The molecular weight excluding hydrogens is 258 g/mol. The topological polar surface area (TPSA) is 76.8 Å². The molecule has 0 spiro atoms. The summed E-state index contributed by atoms with van der Waals surface area (Å²) in [5.74, 6) is 0. The number of nitrogens with zero attached hydrogens (tertiary/aromatic N) is 1. The Hall–Kier alpha value is -1.63. The molecule has 108 valence electrons. The predicted molar refractivity (Wildman–Crippen MR) is 74.4 cm³/mol. The molecule has 1 fully saturated rings. The van der Waals surface area contributed by atoms with E-state index in [1.807, 2.05) is 18.2 Å². The minimum atomic E-state index is -0.219. The standard InChI is InChI=1S/C14H19N3O3/c1-17-7-10-6-9(2-3-11(10)16-14(17)18)13(15)12-8-19-4-5-20-12/h2-3,6,12-13H,4-5,7-8,15H2,1H3,(H,16,18). The molecule has 2 atom stereocenters. The van der Waals surface area contributed by atoms with Gasteiger partial charge < -0.3 is 25.4 Å². The number of rotatable bonds is 2. The lowest BCUT2D eigenvalue weighted by atomic mass is 9.98. The summed E-state index contributed by atoms with van der Waals surface area (Å²) in [7, 11) is 1.77. The van der Waals surface area contributed by atoms with Gasteiger partial charge in [-0.3, -0.25) is 0 Å². The minimum absolute atomic E-state index is 0.0847. The van der Waals surface area contributed by atoms with Gasteiger partial charge in [-0.05, 0) is 17.2 Å². The number of anilines is 1. The monoisotopic (exact) mass is 277 g/mol. The molecule has 0 aromatic heterocycles. The highest BCUT2D eigenvalue weighted by atomic mass is 16.6. The number of hydrogen-bond acceptors (Lipinski definition) is 4. The third-order valence-corrected chi connectivity index (χ3v) is 3.75. The number of nitrogens with two attached hydrogens (primary N) is 1. The molecular formula is C14H19N3O3. The summed E-state index contributed by atoms with van der Waals surface area (Å²) in [6.07, 6.45) is -0.113. The molecule has 0 saturated carbocycles. The van der Waals surface area contributed by atoms with Crippen LogP contribution in [-0.4, -0.2) is 43.9 Å². The molecule has 0 bridgehead atoms. The van der Waals surface area contributed by atoms with Gasteiger partial charge in [0.2, 0.25) is 0 Å². The number of fused-ring (bicyclic) bond motifs is 1. The molecule has 2 aliphatic rings. The van der Waals surface area contributed by atoms with Gasteiger partial charge >= 0.3 is 6.03 Å². The van der Waals surface area contributed by atoms with E-state index < -0.39 is 0 Å². The Morgan fingerprint density at radius 3 is 3.05 bits per heavy atom. The zero-order valence-electron chi connectivity index (χ0n) is 11.5. The fourth-order valence-corrected chi connectivity index (χ4v) is 2.54. The van der Waals surface area contributed by atoms with Crippen molar-refractivity contribution in [1.29, 1.82) is 0 Å². The SMILES string of the molecule is CN1Cc2cc(C(N)C3COCCO3)ccc2NC1=O.